The fraction of sp³-hybridized carbons (Fsp3) is 0.0769. The fourth-order valence-corrected chi connectivity index (χ4v) is 3.83. The van der Waals surface area contributed by atoms with Gasteiger partial charge in [0, 0.05) is 5.56 Å². The number of carbonyl (C=O) groups is 1. The van der Waals surface area contributed by atoms with Crippen LogP contribution in [0.1, 0.15) is 21.5 Å². The summed E-state index contributed by atoms with van der Waals surface area (Å²) in [6.45, 7) is 1.87. The molecule has 5 rings (SSSR count). The van der Waals surface area contributed by atoms with E-state index in [0.717, 1.165) is 5.56 Å². The number of ether oxygens (including phenoxy) is 1. The third-order valence-electron chi connectivity index (χ3n) is 5.58. The van der Waals surface area contributed by atoms with Gasteiger partial charge in [0.2, 0.25) is 5.88 Å². The fourth-order valence-electron chi connectivity index (χ4n) is 3.83. The van der Waals surface area contributed by atoms with E-state index in [-0.39, 0.29) is 33.8 Å². The molecule has 0 unspecified atom stereocenters. The zero-order valence-electron chi connectivity index (χ0n) is 18.4. The summed E-state index contributed by atoms with van der Waals surface area (Å²) in [6, 6.07) is 20.5. The first kappa shape index (κ1) is 21.1. The van der Waals surface area contributed by atoms with E-state index in [1.807, 2.05) is 25.1 Å². The normalized spacial score (nSPS) is 11.5. The first-order valence-corrected chi connectivity index (χ1v) is 10.4. The molecule has 0 bridgehead atoms. The van der Waals surface area contributed by atoms with Crippen molar-refractivity contribution >= 4 is 33.8 Å². The van der Waals surface area contributed by atoms with Crippen LogP contribution in [0.25, 0.3) is 16.6 Å². The summed E-state index contributed by atoms with van der Waals surface area (Å²) in [5.41, 5.74) is 1.28. The Morgan fingerprint density at radius 2 is 1.68 bits per heavy atom. The topological polar surface area (TPSA) is 106 Å². The smallest absolute Gasteiger partial charge is 0.361 e. The highest BCUT2D eigenvalue weighted by molar-refractivity contribution is 6.17. The Bertz CT molecular complexity index is 1650. The average Bonchev–Trinajstić information content (AvgIpc) is 3.16. The third-order valence-corrected chi connectivity index (χ3v) is 5.58. The minimum absolute atomic E-state index is 0.0977. The molecule has 0 saturated carbocycles. The standard InChI is InChI=1S/C26H19N3O5/c1-15-7-3-4-8-18(15)27-28-22-21(24(30)16-11-13-17(33-2)14-12-16)23-26(32)34-20-10-6-5-9-19(20)29(23)25(22)31/h3-14,31H,1-2H3. The molecule has 0 aliphatic rings. The second-order valence-corrected chi connectivity index (χ2v) is 7.63. The summed E-state index contributed by atoms with van der Waals surface area (Å²) in [7, 11) is 1.52. The van der Waals surface area contributed by atoms with Crippen LogP contribution in [0.3, 0.4) is 0 Å². The number of hydrogen-bond donors (Lipinski definition) is 1. The van der Waals surface area contributed by atoms with Gasteiger partial charge in [-0.05, 0) is 55.0 Å². The third kappa shape index (κ3) is 3.41. The molecule has 5 aromatic rings. The molecule has 0 fully saturated rings. The number of rotatable bonds is 5. The van der Waals surface area contributed by atoms with Crippen molar-refractivity contribution in [3.8, 4) is 11.6 Å². The van der Waals surface area contributed by atoms with Crippen molar-refractivity contribution in [3.05, 3.63) is 99.9 Å². The highest BCUT2D eigenvalue weighted by Gasteiger charge is 2.29. The highest BCUT2D eigenvalue weighted by Crippen LogP contribution is 2.40. The quantitative estimate of drug-likeness (QED) is 0.271. The number of hydrogen-bond acceptors (Lipinski definition) is 7. The monoisotopic (exact) mass is 453 g/mol. The Morgan fingerprint density at radius 3 is 2.41 bits per heavy atom. The van der Waals surface area contributed by atoms with Gasteiger partial charge in [0.1, 0.15) is 11.3 Å². The van der Waals surface area contributed by atoms with Crippen molar-refractivity contribution in [1.29, 1.82) is 0 Å². The molecule has 0 amide bonds. The van der Waals surface area contributed by atoms with Crippen LogP contribution in [0.4, 0.5) is 11.4 Å². The summed E-state index contributed by atoms with van der Waals surface area (Å²) in [5, 5.41) is 19.7. The maximum atomic E-state index is 13.6. The number of benzene rings is 3. The molecule has 2 heterocycles. The largest absolute Gasteiger partial charge is 0.497 e. The molecule has 1 N–H and O–H groups in total. The minimum atomic E-state index is -0.775. The number of carbonyl (C=O) groups excluding carboxylic acids is 1. The predicted octanol–water partition coefficient (Wildman–Crippen LogP) is 5.71. The van der Waals surface area contributed by atoms with Gasteiger partial charge in [-0.3, -0.25) is 9.20 Å². The second-order valence-electron chi connectivity index (χ2n) is 7.63. The first-order valence-electron chi connectivity index (χ1n) is 10.4. The van der Waals surface area contributed by atoms with E-state index >= 15 is 0 Å². The maximum absolute atomic E-state index is 13.6. The summed E-state index contributed by atoms with van der Waals surface area (Å²) >= 11 is 0. The Hall–Kier alpha value is -4.72. The Morgan fingerprint density at radius 1 is 0.971 bits per heavy atom. The zero-order valence-corrected chi connectivity index (χ0v) is 18.4. The second kappa shape index (κ2) is 8.32. The molecule has 2 aromatic heterocycles. The lowest BCUT2D eigenvalue weighted by Crippen LogP contribution is -2.10. The predicted molar refractivity (Wildman–Crippen MR) is 127 cm³/mol. The molecular weight excluding hydrogens is 434 g/mol. The van der Waals surface area contributed by atoms with Crippen molar-refractivity contribution in [2.45, 2.75) is 6.92 Å². The summed E-state index contributed by atoms with van der Waals surface area (Å²) < 4.78 is 11.9. The van der Waals surface area contributed by atoms with Crippen LogP contribution in [0.2, 0.25) is 0 Å². The minimum Gasteiger partial charge on any atom is -0.497 e. The number of ketones is 1. The lowest BCUT2D eigenvalue weighted by atomic mass is 10.0. The number of para-hydroxylation sites is 2. The van der Waals surface area contributed by atoms with Crippen molar-refractivity contribution in [2.24, 2.45) is 10.2 Å². The van der Waals surface area contributed by atoms with Crippen molar-refractivity contribution in [3.63, 3.8) is 0 Å². The van der Waals surface area contributed by atoms with Crippen LogP contribution in [0.5, 0.6) is 11.6 Å². The summed E-state index contributed by atoms with van der Waals surface area (Å²) in [5.74, 6) is -0.318. The molecule has 0 aliphatic carbocycles. The number of nitrogens with zero attached hydrogens (tertiary/aromatic N) is 3. The summed E-state index contributed by atoms with van der Waals surface area (Å²) in [6.07, 6.45) is 0. The van der Waals surface area contributed by atoms with Crippen LogP contribution in [0.15, 0.2) is 92.2 Å². The molecule has 0 spiro atoms. The van der Waals surface area contributed by atoms with E-state index in [4.69, 9.17) is 9.15 Å². The molecule has 3 aromatic carbocycles. The Kier molecular flexibility index (Phi) is 5.18. The molecule has 8 nitrogen and oxygen atoms in total. The van der Waals surface area contributed by atoms with E-state index in [2.05, 4.69) is 10.2 Å². The van der Waals surface area contributed by atoms with Gasteiger partial charge >= 0.3 is 5.63 Å². The van der Waals surface area contributed by atoms with Crippen molar-refractivity contribution in [2.75, 3.05) is 7.11 Å². The van der Waals surface area contributed by atoms with Gasteiger partial charge in [-0.1, -0.05) is 30.3 Å². The molecule has 0 saturated heterocycles. The van der Waals surface area contributed by atoms with Gasteiger partial charge in [0.15, 0.2) is 17.1 Å². The number of azo groups is 1. The van der Waals surface area contributed by atoms with E-state index in [1.54, 1.807) is 54.6 Å². The van der Waals surface area contributed by atoms with Crippen molar-refractivity contribution in [1.82, 2.24) is 4.40 Å². The number of aryl methyl sites for hydroxylation is 1. The summed E-state index contributed by atoms with van der Waals surface area (Å²) in [4.78, 5) is 26.6. The van der Waals surface area contributed by atoms with Crippen LogP contribution in [0, 0.1) is 6.92 Å². The molecular formula is C26H19N3O5. The number of methoxy groups -OCH3 is 1. The van der Waals surface area contributed by atoms with E-state index in [9.17, 15) is 14.7 Å². The highest BCUT2D eigenvalue weighted by atomic mass is 16.5. The van der Waals surface area contributed by atoms with Gasteiger partial charge in [-0.2, -0.15) is 5.11 Å². The van der Waals surface area contributed by atoms with Gasteiger partial charge in [0.25, 0.3) is 0 Å². The van der Waals surface area contributed by atoms with Gasteiger partial charge < -0.3 is 14.3 Å². The van der Waals surface area contributed by atoms with E-state index in [1.165, 1.54) is 11.5 Å². The molecule has 34 heavy (non-hydrogen) atoms. The SMILES string of the molecule is COc1ccc(C(=O)c2c(N=Nc3ccccc3C)c(O)n3c2c(=O)oc2ccccc23)cc1. The van der Waals surface area contributed by atoms with Crippen LogP contribution < -0.4 is 10.4 Å². The molecule has 168 valence electrons. The Labute approximate surface area is 193 Å². The van der Waals surface area contributed by atoms with Crippen LogP contribution in [-0.2, 0) is 0 Å². The number of aromatic hydroxyl groups is 1. The number of fused-ring (bicyclic) bond motifs is 3. The zero-order chi connectivity index (χ0) is 23.8. The number of aromatic nitrogens is 1. The molecule has 8 heteroatoms. The molecule has 0 atom stereocenters. The molecule has 0 aliphatic heterocycles. The first-order chi connectivity index (χ1) is 16.5. The van der Waals surface area contributed by atoms with Crippen LogP contribution >= 0.6 is 0 Å². The Balaban J connectivity index is 1.81. The maximum Gasteiger partial charge on any atom is 0.361 e. The molecule has 0 radical (unpaired) electrons. The van der Waals surface area contributed by atoms with E-state index < -0.39 is 11.4 Å². The lowest BCUT2D eigenvalue weighted by molar-refractivity contribution is 0.104. The lowest BCUT2D eigenvalue weighted by Gasteiger charge is -2.04. The van der Waals surface area contributed by atoms with Gasteiger partial charge in [-0.15, -0.1) is 5.11 Å². The average molecular weight is 453 g/mol. The van der Waals surface area contributed by atoms with E-state index in [0.29, 0.717) is 17.0 Å². The van der Waals surface area contributed by atoms with Crippen molar-refractivity contribution < 1.29 is 19.1 Å². The van der Waals surface area contributed by atoms with Crippen LogP contribution in [-0.4, -0.2) is 22.4 Å². The van der Waals surface area contributed by atoms with Gasteiger partial charge in [0.05, 0.1) is 23.9 Å². The van der Waals surface area contributed by atoms with Gasteiger partial charge in [-0.25, -0.2) is 4.79 Å².